The van der Waals surface area contributed by atoms with Gasteiger partial charge in [-0.15, -0.1) is 0 Å². The molecule has 1 radical (unpaired) electrons. The molecule has 3 nitrogen and oxygen atoms in total. The van der Waals surface area contributed by atoms with Gasteiger partial charge in [0.05, 0.1) is 5.56 Å². The van der Waals surface area contributed by atoms with Gasteiger partial charge in [0.15, 0.2) is 0 Å². The summed E-state index contributed by atoms with van der Waals surface area (Å²) < 4.78 is 0. The van der Waals surface area contributed by atoms with Gasteiger partial charge in [-0.25, -0.2) is 5.10 Å². The van der Waals surface area contributed by atoms with Crippen LogP contribution in [0.25, 0.3) is 11.1 Å². The fourth-order valence-corrected chi connectivity index (χ4v) is 1.12. The van der Waals surface area contributed by atoms with E-state index < -0.39 is 0 Å². The van der Waals surface area contributed by atoms with Crippen LogP contribution in [0.1, 0.15) is 0 Å². The van der Waals surface area contributed by atoms with Crippen LogP contribution in [0.2, 0.25) is 0 Å². The summed E-state index contributed by atoms with van der Waals surface area (Å²) in [5.41, 5.74) is 1.19. The molecule has 0 aliphatic rings. The third kappa shape index (κ3) is 1.49. The second-order valence-electron chi connectivity index (χ2n) is 2.58. The highest BCUT2D eigenvalue weighted by atomic mass is 16.1. The van der Waals surface area contributed by atoms with Crippen molar-refractivity contribution in [3.63, 3.8) is 0 Å². The highest BCUT2D eigenvalue weighted by Gasteiger charge is 2.00. The Hall–Kier alpha value is -1.90. The fraction of sp³-hybridized carbons (Fsp3) is 0. The summed E-state index contributed by atoms with van der Waals surface area (Å²) in [6, 6.07) is 12.0. The SMILES string of the molecule is O=c1[nH]nccc1-c1[c]cccc1. The summed E-state index contributed by atoms with van der Waals surface area (Å²) in [4.78, 5) is 11.3. The Morgan fingerprint density at radius 1 is 1.31 bits per heavy atom. The lowest BCUT2D eigenvalue weighted by molar-refractivity contribution is 0.991. The van der Waals surface area contributed by atoms with Gasteiger partial charge in [0.25, 0.3) is 5.56 Å². The molecule has 2 aromatic rings. The summed E-state index contributed by atoms with van der Waals surface area (Å²) >= 11 is 0. The average Bonchev–Trinajstić information content (AvgIpc) is 2.20. The normalized spacial score (nSPS) is 9.85. The molecule has 0 spiro atoms. The van der Waals surface area contributed by atoms with Crippen LogP contribution in [-0.4, -0.2) is 10.2 Å². The van der Waals surface area contributed by atoms with Gasteiger partial charge < -0.3 is 0 Å². The average molecular weight is 171 g/mol. The van der Waals surface area contributed by atoms with E-state index in [2.05, 4.69) is 16.3 Å². The molecule has 0 bridgehead atoms. The molecule has 0 saturated carbocycles. The van der Waals surface area contributed by atoms with Gasteiger partial charge in [0.1, 0.15) is 0 Å². The first-order valence-corrected chi connectivity index (χ1v) is 3.89. The molecule has 1 heterocycles. The van der Waals surface area contributed by atoms with E-state index in [1.165, 1.54) is 0 Å². The van der Waals surface area contributed by atoms with Crippen molar-refractivity contribution in [2.75, 3.05) is 0 Å². The maximum atomic E-state index is 11.3. The third-order valence-electron chi connectivity index (χ3n) is 1.73. The highest BCUT2D eigenvalue weighted by Crippen LogP contribution is 2.11. The van der Waals surface area contributed by atoms with Crippen LogP contribution in [-0.2, 0) is 0 Å². The monoisotopic (exact) mass is 171 g/mol. The number of aromatic amines is 1. The predicted molar refractivity (Wildman–Crippen MR) is 49.1 cm³/mol. The maximum absolute atomic E-state index is 11.3. The Bertz CT molecular complexity index is 448. The Morgan fingerprint density at radius 2 is 2.23 bits per heavy atom. The number of hydrogen-bond donors (Lipinski definition) is 1. The summed E-state index contributed by atoms with van der Waals surface area (Å²) in [7, 11) is 0. The Kier molecular flexibility index (Phi) is 1.92. The number of hydrogen-bond acceptors (Lipinski definition) is 2. The summed E-state index contributed by atoms with van der Waals surface area (Å²) in [5, 5.41) is 5.99. The molecule has 1 N–H and O–H groups in total. The minimum Gasteiger partial charge on any atom is -0.267 e. The summed E-state index contributed by atoms with van der Waals surface area (Å²) in [5.74, 6) is 0. The first-order chi connectivity index (χ1) is 6.38. The van der Waals surface area contributed by atoms with E-state index in [1.807, 2.05) is 18.2 Å². The highest BCUT2D eigenvalue weighted by molar-refractivity contribution is 5.60. The minimum atomic E-state index is -0.190. The molecule has 0 aliphatic heterocycles. The first-order valence-electron chi connectivity index (χ1n) is 3.89. The van der Waals surface area contributed by atoms with Gasteiger partial charge in [-0.3, -0.25) is 4.79 Å². The van der Waals surface area contributed by atoms with Crippen molar-refractivity contribution in [2.45, 2.75) is 0 Å². The van der Waals surface area contributed by atoms with Crippen molar-refractivity contribution in [3.05, 3.63) is 52.9 Å². The summed E-state index contributed by atoms with van der Waals surface area (Å²) in [6.45, 7) is 0. The van der Waals surface area contributed by atoms with E-state index in [1.54, 1.807) is 18.3 Å². The van der Waals surface area contributed by atoms with E-state index in [0.717, 1.165) is 5.56 Å². The molecule has 2 rings (SSSR count). The van der Waals surface area contributed by atoms with Gasteiger partial charge in [0, 0.05) is 6.20 Å². The lowest BCUT2D eigenvalue weighted by Gasteiger charge is -1.96. The number of H-pyrrole nitrogens is 1. The number of aromatic nitrogens is 2. The molecule has 0 fully saturated rings. The van der Waals surface area contributed by atoms with E-state index in [4.69, 9.17) is 0 Å². The molecule has 0 unspecified atom stereocenters. The van der Waals surface area contributed by atoms with Crippen LogP contribution in [0, 0.1) is 6.07 Å². The van der Waals surface area contributed by atoms with Gasteiger partial charge in [-0.1, -0.05) is 24.3 Å². The van der Waals surface area contributed by atoms with Gasteiger partial charge in [0.2, 0.25) is 0 Å². The Balaban J connectivity index is 2.60. The zero-order valence-electron chi connectivity index (χ0n) is 6.82. The number of rotatable bonds is 1. The van der Waals surface area contributed by atoms with Crippen LogP contribution in [0.4, 0.5) is 0 Å². The van der Waals surface area contributed by atoms with Crippen molar-refractivity contribution in [3.8, 4) is 11.1 Å². The number of nitrogens with one attached hydrogen (secondary N) is 1. The van der Waals surface area contributed by atoms with Crippen molar-refractivity contribution in [1.29, 1.82) is 0 Å². The van der Waals surface area contributed by atoms with E-state index >= 15 is 0 Å². The van der Waals surface area contributed by atoms with Crippen LogP contribution < -0.4 is 5.56 Å². The lowest BCUT2D eigenvalue weighted by Crippen LogP contribution is -2.09. The quantitative estimate of drug-likeness (QED) is 0.701. The van der Waals surface area contributed by atoms with Gasteiger partial charge in [-0.2, -0.15) is 5.10 Å². The molecule has 0 aliphatic carbocycles. The van der Waals surface area contributed by atoms with Crippen LogP contribution >= 0.6 is 0 Å². The minimum absolute atomic E-state index is 0.190. The van der Waals surface area contributed by atoms with Crippen molar-refractivity contribution < 1.29 is 0 Å². The maximum Gasteiger partial charge on any atom is 0.272 e. The molecule has 1 aromatic heterocycles. The molecule has 13 heavy (non-hydrogen) atoms. The fourth-order valence-electron chi connectivity index (χ4n) is 1.12. The summed E-state index contributed by atoms with van der Waals surface area (Å²) in [6.07, 6.45) is 1.55. The molecule has 3 heteroatoms. The zero-order valence-corrected chi connectivity index (χ0v) is 6.82. The lowest BCUT2D eigenvalue weighted by atomic mass is 10.1. The standard InChI is InChI=1S/C10H7N2O/c13-10-9(6-7-11-12-10)8-4-2-1-3-5-8/h1-4,6-7H,(H,12,13). The molecule has 0 amide bonds. The van der Waals surface area contributed by atoms with Crippen molar-refractivity contribution in [2.24, 2.45) is 0 Å². The van der Waals surface area contributed by atoms with Crippen molar-refractivity contribution in [1.82, 2.24) is 10.2 Å². The molecular formula is C10H7N2O. The molecular weight excluding hydrogens is 164 g/mol. The third-order valence-corrected chi connectivity index (χ3v) is 1.73. The Labute approximate surface area is 75.1 Å². The van der Waals surface area contributed by atoms with Crippen LogP contribution in [0.5, 0.6) is 0 Å². The van der Waals surface area contributed by atoms with Gasteiger partial charge in [-0.05, 0) is 17.7 Å². The van der Waals surface area contributed by atoms with E-state index in [0.29, 0.717) is 5.56 Å². The zero-order chi connectivity index (χ0) is 9.10. The van der Waals surface area contributed by atoms with Gasteiger partial charge >= 0.3 is 0 Å². The predicted octanol–water partition coefficient (Wildman–Crippen LogP) is 1.24. The number of nitrogens with zero attached hydrogens (tertiary/aromatic N) is 1. The Morgan fingerprint density at radius 3 is 2.92 bits per heavy atom. The second-order valence-corrected chi connectivity index (χ2v) is 2.58. The van der Waals surface area contributed by atoms with Crippen molar-refractivity contribution >= 4 is 0 Å². The molecule has 1 aromatic carbocycles. The molecule has 63 valence electrons. The van der Waals surface area contributed by atoms with Crippen LogP contribution in [0.15, 0.2) is 41.3 Å². The van der Waals surface area contributed by atoms with E-state index in [-0.39, 0.29) is 5.56 Å². The molecule has 0 saturated heterocycles. The smallest absolute Gasteiger partial charge is 0.267 e. The number of benzene rings is 1. The van der Waals surface area contributed by atoms with E-state index in [9.17, 15) is 4.79 Å². The van der Waals surface area contributed by atoms with Crippen LogP contribution in [0.3, 0.4) is 0 Å². The molecule has 0 atom stereocenters. The topological polar surface area (TPSA) is 45.8 Å². The first kappa shape index (κ1) is 7.73. The second kappa shape index (κ2) is 3.23. The largest absolute Gasteiger partial charge is 0.272 e.